The molecule has 0 fully saturated rings. The van der Waals surface area contributed by atoms with Crippen LogP contribution in [0, 0.1) is 0 Å². The summed E-state index contributed by atoms with van der Waals surface area (Å²) in [5.41, 5.74) is -1.34. The number of rotatable bonds is 3. The minimum atomic E-state index is -4.54. The monoisotopic (exact) mass is 218 g/mol. The van der Waals surface area contributed by atoms with Gasteiger partial charge in [0.2, 0.25) is 0 Å². The predicted octanol–water partition coefficient (Wildman–Crippen LogP) is 2.27. The fourth-order valence-electron chi connectivity index (χ4n) is 1.21. The van der Waals surface area contributed by atoms with Crippen LogP contribution in [0.5, 0.6) is 0 Å². The maximum atomic E-state index is 12.4. The van der Waals surface area contributed by atoms with Crippen molar-refractivity contribution in [3.8, 4) is 0 Å². The summed E-state index contributed by atoms with van der Waals surface area (Å²) in [5.74, 6) is -0.703. The third kappa shape index (κ3) is 2.79. The molecule has 0 spiro atoms. The molecule has 1 rings (SSSR count). The van der Waals surface area contributed by atoms with Crippen molar-refractivity contribution in [2.45, 2.75) is 12.6 Å². The molecule has 2 nitrogen and oxygen atoms in total. The number of aliphatic hydroxyl groups is 1. The highest BCUT2D eigenvalue weighted by atomic mass is 19.4. The molecule has 0 heterocycles. The Kier molecular flexibility index (Phi) is 3.47. The molecule has 1 aromatic rings. The Balaban J connectivity index is 3.12. The molecule has 1 N–H and O–H groups in total. The minimum absolute atomic E-state index is 0.299. The Morgan fingerprint density at radius 1 is 1.27 bits per heavy atom. The Morgan fingerprint density at radius 2 is 1.87 bits per heavy atom. The predicted molar refractivity (Wildman–Crippen MR) is 47.5 cm³/mol. The summed E-state index contributed by atoms with van der Waals surface area (Å²) in [6, 6.07) is 4.55. The van der Waals surface area contributed by atoms with E-state index < -0.39 is 24.1 Å². The number of aliphatic hydroxyl groups excluding tert-OH is 1. The van der Waals surface area contributed by atoms with Crippen LogP contribution in [-0.2, 0) is 6.18 Å². The van der Waals surface area contributed by atoms with Crippen molar-refractivity contribution in [2.75, 3.05) is 6.61 Å². The quantitative estimate of drug-likeness (QED) is 0.790. The second kappa shape index (κ2) is 4.44. The molecule has 15 heavy (non-hydrogen) atoms. The Hall–Kier alpha value is -1.36. The van der Waals surface area contributed by atoms with Crippen molar-refractivity contribution in [1.82, 2.24) is 0 Å². The van der Waals surface area contributed by atoms with Gasteiger partial charge in [0.05, 0.1) is 12.2 Å². The topological polar surface area (TPSA) is 37.3 Å². The highest BCUT2D eigenvalue weighted by Gasteiger charge is 2.34. The SMILES string of the molecule is O=C(CCO)c1ccccc1C(F)(F)F. The summed E-state index contributed by atoms with van der Waals surface area (Å²) in [7, 11) is 0. The van der Waals surface area contributed by atoms with Gasteiger partial charge in [-0.3, -0.25) is 4.79 Å². The summed E-state index contributed by atoms with van der Waals surface area (Å²) in [6.07, 6.45) is -4.84. The summed E-state index contributed by atoms with van der Waals surface area (Å²) in [5, 5.41) is 8.49. The van der Waals surface area contributed by atoms with Crippen molar-refractivity contribution in [2.24, 2.45) is 0 Å². The molecule has 0 radical (unpaired) electrons. The van der Waals surface area contributed by atoms with Gasteiger partial charge in [-0.2, -0.15) is 13.2 Å². The van der Waals surface area contributed by atoms with Crippen molar-refractivity contribution < 1.29 is 23.1 Å². The first-order chi connectivity index (χ1) is 6.96. The molecule has 5 heteroatoms. The van der Waals surface area contributed by atoms with E-state index in [1.165, 1.54) is 12.1 Å². The van der Waals surface area contributed by atoms with Gasteiger partial charge in [-0.15, -0.1) is 0 Å². The number of hydrogen-bond acceptors (Lipinski definition) is 2. The van der Waals surface area contributed by atoms with Gasteiger partial charge in [0, 0.05) is 12.0 Å². The van der Waals surface area contributed by atoms with E-state index in [-0.39, 0.29) is 12.0 Å². The van der Waals surface area contributed by atoms with Crippen LogP contribution in [0.1, 0.15) is 22.3 Å². The second-order valence-electron chi connectivity index (χ2n) is 2.94. The normalized spacial score (nSPS) is 11.5. The third-order valence-electron chi connectivity index (χ3n) is 1.87. The van der Waals surface area contributed by atoms with Gasteiger partial charge in [-0.05, 0) is 6.07 Å². The van der Waals surface area contributed by atoms with Crippen molar-refractivity contribution in [3.05, 3.63) is 35.4 Å². The van der Waals surface area contributed by atoms with Crippen LogP contribution in [0.15, 0.2) is 24.3 Å². The first-order valence-corrected chi connectivity index (χ1v) is 4.27. The van der Waals surface area contributed by atoms with Crippen LogP contribution >= 0.6 is 0 Å². The number of benzene rings is 1. The zero-order chi connectivity index (χ0) is 11.5. The number of alkyl halides is 3. The fraction of sp³-hybridized carbons (Fsp3) is 0.300. The minimum Gasteiger partial charge on any atom is -0.396 e. The molecule has 0 amide bonds. The smallest absolute Gasteiger partial charge is 0.396 e. The van der Waals surface area contributed by atoms with E-state index >= 15 is 0 Å². The average Bonchev–Trinajstić information content (AvgIpc) is 2.17. The summed E-state index contributed by atoms with van der Waals surface area (Å²) >= 11 is 0. The number of ketones is 1. The molecule has 82 valence electrons. The van der Waals surface area contributed by atoms with E-state index in [2.05, 4.69) is 0 Å². The summed E-state index contributed by atoms with van der Waals surface area (Å²) < 4.78 is 37.3. The Labute approximate surface area is 84.3 Å². The van der Waals surface area contributed by atoms with Gasteiger partial charge in [0.25, 0.3) is 0 Å². The molecule has 0 aromatic heterocycles. The van der Waals surface area contributed by atoms with E-state index in [1.54, 1.807) is 0 Å². The second-order valence-corrected chi connectivity index (χ2v) is 2.94. The highest BCUT2D eigenvalue weighted by Crippen LogP contribution is 2.32. The molecular weight excluding hydrogens is 209 g/mol. The van der Waals surface area contributed by atoms with Crippen LogP contribution in [0.4, 0.5) is 13.2 Å². The van der Waals surface area contributed by atoms with Gasteiger partial charge in [-0.1, -0.05) is 18.2 Å². The number of carbonyl (C=O) groups is 1. The Bertz CT molecular complexity index is 358. The molecule has 0 saturated carbocycles. The van der Waals surface area contributed by atoms with Crippen molar-refractivity contribution in [3.63, 3.8) is 0 Å². The lowest BCUT2D eigenvalue weighted by atomic mass is 10.0. The highest BCUT2D eigenvalue weighted by molar-refractivity contribution is 5.97. The zero-order valence-corrected chi connectivity index (χ0v) is 7.71. The van der Waals surface area contributed by atoms with Crippen LogP contribution in [0.25, 0.3) is 0 Å². The number of hydrogen-bond donors (Lipinski definition) is 1. The molecule has 0 saturated heterocycles. The van der Waals surface area contributed by atoms with Crippen molar-refractivity contribution >= 4 is 5.78 Å². The van der Waals surface area contributed by atoms with Gasteiger partial charge in [-0.25, -0.2) is 0 Å². The standard InChI is InChI=1S/C10H9F3O2/c11-10(12,13)8-4-2-1-3-7(8)9(15)5-6-14/h1-4,14H,5-6H2. The third-order valence-corrected chi connectivity index (χ3v) is 1.87. The van der Waals surface area contributed by atoms with Crippen LogP contribution in [0.3, 0.4) is 0 Å². The first kappa shape index (κ1) is 11.7. The zero-order valence-electron chi connectivity index (χ0n) is 7.71. The maximum Gasteiger partial charge on any atom is 0.417 e. The fourth-order valence-corrected chi connectivity index (χ4v) is 1.21. The van der Waals surface area contributed by atoms with E-state index in [9.17, 15) is 18.0 Å². The lowest BCUT2D eigenvalue weighted by molar-refractivity contribution is -0.137. The lowest BCUT2D eigenvalue weighted by Crippen LogP contribution is -2.13. The van der Waals surface area contributed by atoms with Gasteiger partial charge in [0.1, 0.15) is 0 Å². The van der Waals surface area contributed by atoms with Crippen LogP contribution in [0.2, 0.25) is 0 Å². The molecule has 0 aliphatic heterocycles. The maximum absolute atomic E-state index is 12.4. The lowest BCUT2D eigenvalue weighted by Gasteiger charge is -2.10. The number of carbonyl (C=O) groups excluding carboxylic acids is 1. The molecule has 0 unspecified atom stereocenters. The largest absolute Gasteiger partial charge is 0.417 e. The molecule has 0 atom stereocenters. The summed E-state index contributed by atoms with van der Waals surface area (Å²) in [4.78, 5) is 11.3. The van der Waals surface area contributed by atoms with E-state index in [1.807, 2.05) is 0 Å². The number of Topliss-reactive ketones (excluding diaryl/α,β-unsaturated/α-hetero) is 1. The van der Waals surface area contributed by atoms with E-state index in [4.69, 9.17) is 5.11 Å². The molecule has 0 aliphatic carbocycles. The van der Waals surface area contributed by atoms with E-state index in [0.29, 0.717) is 0 Å². The van der Waals surface area contributed by atoms with Crippen LogP contribution < -0.4 is 0 Å². The van der Waals surface area contributed by atoms with Gasteiger partial charge in [0.15, 0.2) is 5.78 Å². The Morgan fingerprint density at radius 3 is 2.40 bits per heavy atom. The van der Waals surface area contributed by atoms with Crippen LogP contribution in [-0.4, -0.2) is 17.5 Å². The van der Waals surface area contributed by atoms with Gasteiger partial charge < -0.3 is 5.11 Å². The molecular formula is C10H9F3O2. The summed E-state index contributed by atoms with van der Waals surface area (Å²) in [6.45, 7) is -0.453. The average molecular weight is 218 g/mol. The number of halogens is 3. The molecule has 1 aromatic carbocycles. The molecule has 0 aliphatic rings. The first-order valence-electron chi connectivity index (χ1n) is 4.27. The van der Waals surface area contributed by atoms with Crippen molar-refractivity contribution in [1.29, 1.82) is 0 Å². The van der Waals surface area contributed by atoms with Gasteiger partial charge >= 0.3 is 6.18 Å². The molecule has 0 bridgehead atoms. The van der Waals surface area contributed by atoms with E-state index in [0.717, 1.165) is 12.1 Å².